The third-order valence-corrected chi connectivity index (χ3v) is 3.43. The van der Waals surface area contributed by atoms with Crippen molar-refractivity contribution < 1.29 is 9.13 Å². The molecular formula is C16H22FN3O. The molecule has 1 atom stereocenters. The highest BCUT2D eigenvalue weighted by Gasteiger charge is 2.15. The highest BCUT2D eigenvalue weighted by Crippen LogP contribution is 2.31. The highest BCUT2D eigenvalue weighted by atomic mass is 19.1. The van der Waals surface area contributed by atoms with Crippen LogP contribution in [0, 0.1) is 12.7 Å². The summed E-state index contributed by atoms with van der Waals surface area (Å²) in [4.78, 5) is 0. The zero-order chi connectivity index (χ0) is 15.4. The first-order valence-corrected chi connectivity index (χ1v) is 7.28. The molecule has 1 heterocycles. The molecule has 1 unspecified atom stereocenters. The molecule has 0 aliphatic carbocycles. The van der Waals surface area contributed by atoms with Crippen LogP contribution in [0.4, 0.5) is 4.39 Å². The van der Waals surface area contributed by atoms with Crippen LogP contribution in [0.5, 0.6) is 11.5 Å². The second-order valence-electron chi connectivity index (χ2n) is 5.05. The minimum atomic E-state index is -0.216. The number of benzene rings is 1. The van der Waals surface area contributed by atoms with Crippen molar-refractivity contribution in [3.63, 3.8) is 0 Å². The van der Waals surface area contributed by atoms with Crippen molar-refractivity contribution in [2.75, 3.05) is 6.54 Å². The molecule has 1 N–H and O–H groups in total. The summed E-state index contributed by atoms with van der Waals surface area (Å²) in [6.07, 6.45) is 3.50. The Labute approximate surface area is 124 Å². The van der Waals surface area contributed by atoms with Gasteiger partial charge in [0.15, 0.2) is 5.75 Å². The van der Waals surface area contributed by atoms with Crippen LogP contribution in [0.2, 0.25) is 0 Å². The van der Waals surface area contributed by atoms with E-state index in [0.29, 0.717) is 17.1 Å². The largest absolute Gasteiger partial charge is 0.454 e. The number of ether oxygens (including phenoxy) is 1. The molecule has 21 heavy (non-hydrogen) atoms. The van der Waals surface area contributed by atoms with E-state index in [1.54, 1.807) is 29.9 Å². The van der Waals surface area contributed by atoms with Crippen LogP contribution < -0.4 is 10.1 Å². The summed E-state index contributed by atoms with van der Waals surface area (Å²) >= 11 is 0. The molecule has 0 radical (unpaired) electrons. The second kappa shape index (κ2) is 6.72. The van der Waals surface area contributed by atoms with Crippen molar-refractivity contribution in [1.82, 2.24) is 15.1 Å². The number of nitrogens with one attached hydrogen (secondary N) is 1. The molecule has 2 rings (SSSR count). The summed E-state index contributed by atoms with van der Waals surface area (Å²) in [5, 5.41) is 7.47. The normalized spacial score (nSPS) is 12.4. The fraction of sp³-hybridized carbons (Fsp3) is 0.438. The summed E-state index contributed by atoms with van der Waals surface area (Å²) in [5.41, 5.74) is 1.38. The predicted octanol–water partition coefficient (Wildman–Crippen LogP) is 3.81. The third-order valence-electron chi connectivity index (χ3n) is 3.43. The van der Waals surface area contributed by atoms with Gasteiger partial charge in [-0.05, 0) is 45.0 Å². The van der Waals surface area contributed by atoms with Crippen LogP contribution in [-0.4, -0.2) is 16.3 Å². The lowest BCUT2D eigenvalue weighted by atomic mass is 10.0. The number of hydrogen-bond donors (Lipinski definition) is 1. The van der Waals surface area contributed by atoms with E-state index >= 15 is 0 Å². The molecule has 5 heteroatoms. The van der Waals surface area contributed by atoms with Crippen molar-refractivity contribution in [2.24, 2.45) is 0 Å². The van der Waals surface area contributed by atoms with E-state index in [1.807, 2.05) is 27.0 Å². The zero-order valence-electron chi connectivity index (χ0n) is 13.0. The smallest absolute Gasteiger partial charge is 0.165 e. The Kier molecular flexibility index (Phi) is 4.96. The molecule has 0 spiro atoms. The van der Waals surface area contributed by atoms with Gasteiger partial charge < -0.3 is 10.1 Å². The van der Waals surface area contributed by atoms with Crippen molar-refractivity contribution >= 4 is 0 Å². The number of aromatic nitrogens is 2. The fourth-order valence-corrected chi connectivity index (χ4v) is 2.21. The molecule has 1 aromatic heterocycles. The Bertz CT molecular complexity index is 610. The fourth-order valence-electron chi connectivity index (χ4n) is 2.21. The van der Waals surface area contributed by atoms with Gasteiger partial charge in [-0.15, -0.1) is 0 Å². The Hall–Kier alpha value is -1.88. The van der Waals surface area contributed by atoms with E-state index in [-0.39, 0.29) is 11.9 Å². The minimum Gasteiger partial charge on any atom is -0.454 e. The van der Waals surface area contributed by atoms with Gasteiger partial charge in [0.25, 0.3) is 0 Å². The lowest BCUT2D eigenvalue weighted by Gasteiger charge is -2.18. The Morgan fingerprint density at radius 2 is 2.14 bits per heavy atom. The van der Waals surface area contributed by atoms with Gasteiger partial charge in [0.1, 0.15) is 11.6 Å². The first-order chi connectivity index (χ1) is 10.0. The standard InChI is InChI=1S/C16H22FN3O/c1-5-18-12(4)14-8-15(17)11(3)7-16(14)21-13-9-19-20(6-2)10-13/h7-10,12,18H,5-6H2,1-4H3. The van der Waals surface area contributed by atoms with Crippen LogP contribution in [0.1, 0.15) is 37.9 Å². The molecule has 114 valence electrons. The maximum atomic E-state index is 13.9. The van der Waals surface area contributed by atoms with Crippen molar-refractivity contribution in [3.8, 4) is 11.5 Å². The van der Waals surface area contributed by atoms with E-state index in [9.17, 15) is 4.39 Å². The molecule has 0 aliphatic heterocycles. The van der Waals surface area contributed by atoms with Gasteiger partial charge in [-0.3, -0.25) is 4.68 Å². The zero-order valence-corrected chi connectivity index (χ0v) is 13.0. The maximum absolute atomic E-state index is 13.9. The molecule has 0 saturated carbocycles. The quantitative estimate of drug-likeness (QED) is 0.879. The number of hydrogen-bond acceptors (Lipinski definition) is 3. The SMILES string of the molecule is CCNC(C)c1cc(F)c(C)cc1Oc1cnn(CC)c1. The lowest BCUT2D eigenvalue weighted by molar-refractivity contribution is 0.458. The predicted molar refractivity (Wildman–Crippen MR) is 81.2 cm³/mol. The number of nitrogens with zero attached hydrogens (tertiary/aromatic N) is 2. The molecule has 0 aliphatic rings. The van der Waals surface area contributed by atoms with Crippen LogP contribution in [0.25, 0.3) is 0 Å². The van der Waals surface area contributed by atoms with E-state index in [2.05, 4.69) is 10.4 Å². The summed E-state index contributed by atoms with van der Waals surface area (Å²) in [7, 11) is 0. The highest BCUT2D eigenvalue weighted by molar-refractivity contribution is 5.42. The summed E-state index contributed by atoms with van der Waals surface area (Å²) < 4.78 is 21.6. The van der Waals surface area contributed by atoms with Gasteiger partial charge in [-0.25, -0.2) is 4.39 Å². The van der Waals surface area contributed by atoms with E-state index in [0.717, 1.165) is 18.7 Å². The molecule has 0 amide bonds. The first-order valence-electron chi connectivity index (χ1n) is 7.28. The average Bonchev–Trinajstić information content (AvgIpc) is 2.90. The summed E-state index contributed by atoms with van der Waals surface area (Å²) in [6.45, 7) is 9.36. The van der Waals surface area contributed by atoms with Gasteiger partial charge in [0, 0.05) is 18.2 Å². The van der Waals surface area contributed by atoms with Gasteiger partial charge in [0.2, 0.25) is 0 Å². The lowest BCUT2D eigenvalue weighted by Crippen LogP contribution is -2.18. The summed E-state index contributed by atoms with van der Waals surface area (Å²) in [5.74, 6) is 1.11. The molecule has 2 aromatic rings. The monoisotopic (exact) mass is 291 g/mol. The van der Waals surface area contributed by atoms with E-state index < -0.39 is 0 Å². The average molecular weight is 291 g/mol. The number of aryl methyl sites for hydroxylation is 2. The molecule has 4 nitrogen and oxygen atoms in total. The molecule has 0 fully saturated rings. The molecule has 1 aromatic carbocycles. The molecular weight excluding hydrogens is 269 g/mol. The topological polar surface area (TPSA) is 39.1 Å². The Morgan fingerprint density at radius 1 is 1.38 bits per heavy atom. The van der Waals surface area contributed by atoms with Crippen molar-refractivity contribution in [2.45, 2.75) is 40.3 Å². The second-order valence-corrected chi connectivity index (χ2v) is 5.05. The van der Waals surface area contributed by atoms with Crippen LogP contribution >= 0.6 is 0 Å². The number of halogens is 1. The Balaban J connectivity index is 2.33. The first kappa shape index (κ1) is 15.5. The maximum Gasteiger partial charge on any atom is 0.165 e. The van der Waals surface area contributed by atoms with Crippen LogP contribution in [0.3, 0.4) is 0 Å². The molecule has 0 bridgehead atoms. The van der Waals surface area contributed by atoms with Crippen LogP contribution in [-0.2, 0) is 6.54 Å². The van der Waals surface area contributed by atoms with E-state index in [1.165, 1.54) is 0 Å². The third kappa shape index (κ3) is 3.61. The van der Waals surface area contributed by atoms with Crippen molar-refractivity contribution in [1.29, 1.82) is 0 Å². The van der Waals surface area contributed by atoms with Gasteiger partial charge in [-0.1, -0.05) is 6.92 Å². The van der Waals surface area contributed by atoms with Crippen LogP contribution in [0.15, 0.2) is 24.5 Å². The minimum absolute atomic E-state index is 0.0151. The Morgan fingerprint density at radius 3 is 2.76 bits per heavy atom. The molecule has 0 saturated heterocycles. The van der Waals surface area contributed by atoms with Gasteiger partial charge in [0.05, 0.1) is 12.4 Å². The number of rotatable bonds is 6. The van der Waals surface area contributed by atoms with Gasteiger partial charge >= 0.3 is 0 Å². The van der Waals surface area contributed by atoms with E-state index in [4.69, 9.17) is 4.74 Å². The summed E-state index contributed by atoms with van der Waals surface area (Å²) in [6, 6.07) is 3.30. The van der Waals surface area contributed by atoms with Gasteiger partial charge in [-0.2, -0.15) is 5.10 Å². The van der Waals surface area contributed by atoms with Crippen molar-refractivity contribution in [3.05, 3.63) is 41.5 Å².